The van der Waals surface area contributed by atoms with E-state index in [0.29, 0.717) is 0 Å². The highest BCUT2D eigenvalue weighted by Crippen LogP contribution is 2.08. The van der Waals surface area contributed by atoms with Crippen LogP contribution >= 0.6 is 24.0 Å². The van der Waals surface area contributed by atoms with Gasteiger partial charge in [0.2, 0.25) is 0 Å². The molecule has 0 spiro atoms. The summed E-state index contributed by atoms with van der Waals surface area (Å²) in [5.41, 5.74) is 0. The lowest BCUT2D eigenvalue weighted by molar-refractivity contribution is 0.293. The second-order valence-corrected chi connectivity index (χ2v) is 4.55. The van der Waals surface area contributed by atoms with Gasteiger partial charge in [0.25, 0.3) is 0 Å². The van der Waals surface area contributed by atoms with Gasteiger partial charge >= 0.3 is 0 Å². The second kappa shape index (κ2) is 12.0. The fourth-order valence-electron chi connectivity index (χ4n) is 2.17. The van der Waals surface area contributed by atoms with Crippen molar-refractivity contribution in [3.63, 3.8) is 0 Å². The Labute approximate surface area is 129 Å². The summed E-state index contributed by atoms with van der Waals surface area (Å²) in [4.78, 5) is 7.13. The summed E-state index contributed by atoms with van der Waals surface area (Å²) in [6.07, 6.45) is 5.52. The van der Waals surface area contributed by atoms with E-state index in [1.807, 2.05) is 0 Å². The van der Waals surface area contributed by atoms with Crippen molar-refractivity contribution in [3.05, 3.63) is 0 Å². The van der Waals surface area contributed by atoms with E-state index >= 15 is 0 Å². The first-order valence-electron chi connectivity index (χ1n) is 7.11. The second-order valence-electron chi connectivity index (χ2n) is 4.55. The Balaban J connectivity index is 0.00000289. The van der Waals surface area contributed by atoms with Crippen molar-refractivity contribution in [2.75, 3.05) is 39.3 Å². The van der Waals surface area contributed by atoms with Crippen LogP contribution in [0, 0.1) is 0 Å². The molecule has 0 amide bonds. The SMILES string of the molecule is CCNC(=NCCN1CCCCCC1)NCC.I. The molecule has 108 valence electrons. The zero-order chi connectivity index (χ0) is 12.3. The lowest BCUT2D eigenvalue weighted by atomic mass is 10.2. The van der Waals surface area contributed by atoms with Crippen molar-refractivity contribution in [1.29, 1.82) is 0 Å². The molecule has 0 aromatic carbocycles. The van der Waals surface area contributed by atoms with Gasteiger partial charge in [0.15, 0.2) is 5.96 Å². The maximum atomic E-state index is 4.58. The molecule has 1 rings (SSSR count). The van der Waals surface area contributed by atoms with E-state index in [1.165, 1.54) is 38.8 Å². The standard InChI is InChI=1S/C13H28N4.HI/c1-3-14-13(15-4-2)16-9-12-17-10-7-5-6-8-11-17;/h3-12H2,1-2H3,(H2,14,15,16);1H. The molecule has 0 aromatic rings. The Bertz CT molecular complexity index is 205. The maximum Gasteiger partial charge on any atom is 0.191 e. The average Bonchev–Trinajstić information content (AvgIpc) is 2.58. The molecule has 0 radical (unpaired) electrons. The first-order chi connectivity index (χ1) is 8.36. The van der Waals surface area contributed by atoms with Gasteiger partial charge in [0.1, 0.15) is 0 Å². The molecular formula is C13H29IN4. The molecule has 4 nitrogen and oxygen atoms in total. The molecule has 0 atom stereocenters. The van der Waals surface area contributed by atoms with Crippen LogP contribution in [0.1, 0.15) is 39.5 Å². The normalized spacial score (nSPS) is 16.3. The number of hydrogen-bond acceptors (Lipinski definition) is 2. The van der Waals surface area contributed by atoms with Gasteiger partial charge in [-0.3, -0.25) is 4.99 Å². The fraction of sp³-hybridized carbons (Fsp3) is 0.923. The number of rotatable bonds is 5. The molecule has 1 fully saturated rings. The molecule has 1 aliphatic heterocycles. The highest BCUT2D eigenvalue weighted by atomic mass is 127. The van der Waals surface area contributed by atoms with Crippen LogP contribution in [-0.4, -0.2) is 50.1 Å². The predicted molar refractivity (Wildman–Crippen MR) is 90.0 cm³/mol. The quantitative estimate of drug-likeness (QED) is 0.443. The number of nitrogens with one attached hydrogen (secondary N) is 2. The van der Waals surface area contributed by atoms with Crippen LogP contribution in [-0.2, 0) is 0 Å². The molecule has 5 heteroatoms. The van der Waals surface area contributed by atoms with E-state index in [2.05, 4.69) is 34.4 Å². The lowest BCUT2D eigenvalue weighted by Gasteiger charge is -2.18. The Morgan fingerprint density at radius 2 is 1.56 bits per heavy atom. The third kappa shape index (κ3) is 8.13. The monoisotopic (exact) mass is 368 g/mol. The molecule has 0 aromatic heterocycles. The minimum absolute atomic E-state index is 0. The molecule has 1 heterocycles. The summed E-state index contributed by atoms with van der Waals surface area (Å²) in [7, 11) is 0. The van der Waals surface area contributed by atoms with Gasteiger partial charge in [-0.2, -0.15) is 0 Å². The van der Waals surface area contributed by atoms with E-state index in [1.54, 1.807) is 0 Å². The van der Waals surface area contributed by atoms with Crippen molar-refractivity contribution < 1.29 is 0 Å². The van der Waals surface area contributed by atoms with Crippen molar-refractivity contribution in [3.8, 4) is 0 Å². The van der Waals surface area contributed by atoms with Crippen LogP contribution in [0.15, 0.2) is 4.99 Å². The number of likely N-dealkylation sites (tertiary alicyclic amines) is 1. The summed E-state index contributed by atoms with van der Waals surface area (Å²) in [6.45, 7) is 10.6. The molecule has 18 heavy (non-hydrogen) atoms. The lowest BCUT2D eigenvalue weighted by Crippen LogP contribution is -2.38. The van der Waals surface area contributed by atoms with Crippen molar-refractivity contribution in [1.82, 2.24) is 15.5 Å². The first-order valence-corrected chi connectivity index (χ1v) is 7.11. The number of guanidine groups is 1. The van der Waals surface area contributed by atoms with Crippen molar-refractivity contribution in [2.24, 2.45) is 4.99 Å². The molecule has 0 unspecified atom stereocenters. The average molecular weight is 368 g/mol. The Hall–Kier alpha value is -0.0400. The molecule has 0 bridgehead atoms. The van der Waals surface area contributed by atoms with Crippen molar-refractivity contribution in [2.45, 2.75) is 39.5 Å². The van der Waals surface area contributed by atoms with Crippen LogP contribution in [0.4, 0.5) is 0 Å². The van der Waals surface area contributed by atoms with Crippen LogP contribution < -0.4 is 10.6 Å². The summed E-state index contributed by atoms with van der Waals surface area (Å²) in [5, 5.41) is 6.51. The number of halogens is 1. The number of aliphatic imine (C=N–C) groups is 1. The smallest absolute Gasteiger partial charge is 0.191 e. The zero-order valence-electron chi connectivity index (χ0n) is 11.9. The Kier molecular flexibility index (Phi) is 12.0. The number of hydrogen-bond donors (Lipinski definition) is 2. The molecular weight excluding hydrogens is 339 g/mol. The predicted octanol–water partition coefficient (Wildman–Crippen LogP) is 2.06. The van der Waals surface area contributed by atoms with Crippen LogP contribution in [0.25, 0.3) is 0 Å². The van der Waals surface area contributed by atoms with E-state index in [0.717, 1.165) is 32.1 Å². The Morgan fingerprint density at radius 3 is 2.06 bits per heavy atom. The summed E-state index contributed by atoms with van der Waals surface area (Å²) in [5.74, 6) is 0.949. The maximum absolute atomic E-state index is 4.58. The van der Waals surface area contributed by atoms with E-state index in [-0.39, 0.29) is 24.0 Å². The minimum atomic E-state index is 0. The van der Waals surface area contributed by atoms with Gasteiger partial charge in [-0.1, -0.05) is 12.8 Å². The van der Waals surface area contributed by atoms with Crippen molar-refractivity contribution >= 4 is 29.9 Å². The largest absolute Gasteiger partial charge is 0.357 e. The third-order valence-corrected chi connectivity index (χ3v) is 3.07. The van der Waals surface area contributed by atoms with Gasteiger partial charge in [0.05, 0.1) is 6.54 Å². The topological polar surface area (TPSA) is 39.7 Å². The molecule has 0 saturated carbocycles. The zero-order valence-corrected chi connectivity index (χ0v) is 14.2. The third-order valence-electron chi connectivity index (χ3n) is 3.07. The van der Waals surface area contributed by atoms with Gasteiger partial charge in [-0.25, -0.2) is 0 Å². The van der Waals surface area contributed by atoms with Crippen LogP contribution in [0.2, 0.25) is 0 Å². The van der Waals surface area contributed by atoms with E-state index in [4.69, 9.17) is 0 Å². The van der Waals surface area contributed by atoms with E-state index < -0.39 is 0 Å². The minimum Gasteiger partial charge on any atom is -0.357 e. The summed E-state index contributed by atoms with van der Waals surface area (Å²) in [6, 6.07) is 0. The Morgan fingerprint density at radius 1 is 1.00 bits per heavy atom. The molecule has 2 N–H and O–H groups in total. The van der Waals surface area contributed by atoms with Gasteiger partial charge in [0, 0.05) is 19.6 Å². The fourth-order valence-corrected chi connectivity index (χ4v) is 2.17. The first kappa shape index (κ1) is 18.0. The molecule has 1 aliphatic rings. The van der Waals surface area contributed by atoms with Gasteiger partial charge in [-0.15, -0.1) is 24.0 Å². The highest BCUT2D eigenvalue weighted by Gasteiger charge is 2.07. The number of nitrogens with zero attached hydrogens (tertiary/aromatic N) is 2. The van der Waals surface area contributed by atoms with E-state index in [9.17, 15) is 0 Å². The highest BCUT2D eigenvalue weighted by molar-refractivity contribution is 14.0. The summed E-state index contributed by atoms with van der Waals surface area (Å²) >= 11 is 0. The van der Waals surface area contributed by atoms with Gasteiger partial charge in [-0.05, 0) is 39.8 Å². The van der Waals surface area contributed by atoms with Crippen LogP contribution in [0.5, 0.6) is 0 Å². The van der Waals surface area contributed by atoms with Gasteiger partial charge < -0.3 is 15.5 Å². The molecule has 1 saturated heterocycles. The summed E-state index contributed by atoms with van der Waals surface area (Å²) < 4.78 is 0. The van der Waals surface area contributed by atoms with Crippen LogP contribution in [0.3, 0.4) is 0 Å². The molecule has 0 aliphatic carbocycles.